The lowest BCUT2D eigenvalue weighted by atomic mass is 9.88. The number of rotatable bonds is 8. The summed E-state index contributed by atoms with van der Waals surface area (Å²) in [4.78, 5) is 38.6. The van der Waals surface area contributed by atoms with Gasteiger partial charge in [0.15, 0.2) is 6.61 Å². The average molecular weight is 486 g/mol. The largest absolute Gasteiger partial charge is 0.497 e. The van der Waals surface area contributed by atoms with E-state index in [1.807, 2.05) is 6.07 Å². The van der Waals surface area contributed by atoms with Crippen molar-refractivity contribution in [2.24, 2.45) is 5.92 Å². The number of thiophene rings is 1. The van der Waals surface area contributed by atoms with E-state index >= 15 is 0 Å². The Morgan fingerprint density at radius 3 is 2.82 bits per heavy atom. The van der Waals surface area contributed by atoms with Gasteiger partial charge in [0.25, 0.3) is 5.91 Å². The molecule has 3 aromatic rings. The van der Waals surface area contributed by atoms with Crippen molar-refractivity contribution in [3.05, 3.63) is 46.0 Å². The van der Waals surface area contributed by atoms with Crippen molar-refractivity contribution in [1.29, 1.82) is 0 Å². The van der Waals surface area contributed by atoms with Gasteiger partial charge in [0, 0.05) is 21.9 Å². The molecule has 1 aliphatic carbocycles. The maximum absolute atomic E-state index is 12.6. The minimum Gasteiger partial charge on any atom is -0.497 e. The molecule has 34 heavy (non-hydrogen) atoms. The number of hydrogen-bond acceptors (Lipinski definition) is 8. The summed E-state index contributed by atoms with van der Waals surface area (Å²) in [7, 11) is 1.56. The molecule has 180 valence electrons. The third kappa shape index (κ3) is 5.09. The van der Waals surface area contributed by atoms with Gasteiger partial charge in [-0.25, -0.2) is 4.79 Å². The van der Waals surface area contributed by atoms with E-state index in [1.165, 1.54) is 17.6 Å². The second kappa shape index (κ2) is 10.3. The molecule has 0 saturated heterocycles. The minimum atomic E-state index is -0.557. The number of methoxy groups -OCH3 is 1. The first kappa shape index (κ1) is 23.8. The number of anilines is 1. The van der Waals surface area contributed by atoms with E-state index in [2.05, 4.69) is 12.2 Å². The molecule has 1 unspecified atom stereocenters. The van der Waals surface area contributed by atoms with Gasteiger partial charge in [0.1, 0.15) is 16.3 Å². The second-order valence-corrected chi connectivity index (χ2v) is 9.39. The van der Waals surface area contributed by atoms with Crippen LogP contribution < -0.4 is 10.1 Å². The molecular formula is C25H27NO7S. The van der Waals surface area contributed by atoms with Crippen LogP contribution in [-0.2, 0) is 38.3 Å². The highest BCUT2D eigenvalue weighted by Crippen LogP contribution is 2.40. The number of nitrogens with one attached hydrogen (secondary N) is 1. The molecule has 2 heterocycles. The van der Waals surface area contributed by atoms with Crippen LogP contribution in [0.5, 0.6) is 5.75 Å². The molecule has 0 bridgehead atoms. The van der Waals surface area contributed by atoms with Crippen molar-refractivity contribution >= 4 is 45.2 Å². The van der Waals surface area contributed by atoms with Crippen LogP contribution in [0, 0.1) is 5.92 Å². The highest BCUT2D eigenvalue weighted by molar-refractivity contribution is 7.17. The van der Waals surface area contributed by atoms with Gasteiger partial charge in [-0.2, -0.15) is 0 Å². The summed E-state index contributed by atoms with van der Waals surface area (Å²) in [6.07, 6.45) is 4.08. The van der Waals surface area contributed by atoms with Gasteiger partial charge in [0.05, 0.1) is 32.0 Å². The van der Waals surface area contributed by atoms with Crippen molar-refractivity contribution < 1.29 is 33.0 Å². The Labute approximate surface area is 201 Å². The van der Waals surface area contributed by atoms with Gasteiger partial charge < -0.3 is 23.9 Å². The van der Waals surface area contributed by atoms with Crippen molar-refractivity contribution in [3.63, 3.8) is 0 Å². The van der Waals surface area contributed by atoms with Crippen LogP contribution in [-0.4, -0.2) is 38.2 Å². The predicted molar refractivity (Wildman–Crippen MR) is 128 cm³/mol. The molecule has 4 rings (SSSR count). The zero-order chi connectivity index (χ0) is 24.2. The van der Waals surface area contributed by atoms with Gasteiger partial charge in [-0.1, -0.05) is 6.92 Å². The lowest BCUT2D eigenvalue weighted by Gasteiger charge is -2.18. The Morgan fingerprint density at radius 1 is 1.24 bits per heavy atom. The maximum Gasteiger partial charge on any atom is 0.341 e. The quantitative estimate of drug-likeness (QED) is 0.468. The Balaban J connectivity index is 1.39. The van der Waals surface area contributed by atoms with Gasteiger partial charge >= 0.3 is 11.9 Å². The molecule has 0 saturated carbocycles. The molecule has 1 N–H and O–H groups in total. The number of hydrogen-bond donors (Lipinski definition) is 1. The van der Waals surface area contributed by atoms with Crippen LogP contribution in [0.3, 0.4) is 0 Å². The van der Waals surface area contributed by atoms with E-state index < -0.39 is 24.5 Å². The Morgan fingerprint density at radius 2 is 2.06 bits per heavy atom. The van der Waals surface area contributed by atoms with E-state index in [4.69, 9.17) is 18.6 Å². The molecule has 0 aliphatic heterocycles. The number of amides is 1. The number of carbonyl (C=O) groups excluding carboxylic acids is 3. The van der Waals surface area contributed by atoms with Gasteiger partial charge in [0.2, 0.25) is 0 Å². The molecular weight excluding hydrogens is 458 g/mol. The number of fused-ring (bicyclic) bond motifs is 2. The molecule has 0 fully saturated rings. The molecule has 2 aromatic heterocycles. The number of carbonyl (C=O) groups is 3. The Bertz CT molecular complexity index is 1230. The van der Waals surface area contributed by atoms with E-state index in [-0.39, 0.29) is 13.0 Å². The van der Waals surface area contributed by atoms with E-state index in [1.54, 1.807) is 26.2 Å². The number of esters is 2. The minimum absolute atomic E-state index is 0.0358. The Hall–Kier alpha value is -3.33. The summed E-state index contributed by atoms with van der Waals surface area (Å²) in [5.41, 5.74) is 2.64. The molecule has 1 aliphatic rings. The third-order valence-corrected chi connectivity index (χ3v) is 6.98. The summed E-state index contributed by atoms with van der Waals surface area (Å²) in [6.45, 7) is 3.71. The number of furan rings is 1. The fourth-order valence-electron chi connectivity index (χ4n) is 4.10. The second-order valence-electron chi connectivity index (χ2n) is 8.29. The normalized spacial score (nSPS) is 15.0. The summed E-state index contributed by atoms with van der Waals surface area (Å²) in [6, 6.07) is 5.33. The average Bonchev–Trinajstić information content (AvgIpc) is 3.37. The highest BCUT2D eigenvalue weighted by Gasteiger charge is 2.29. The van der Waals surface area contributed by atoms with Crippen LogP contribution >= 0.6 is 11.3 Å². The smallest absolute Gasteiger partial charge is 0.341 e. The van der Waals surface area contributed by atoms with E-state index in [0.29, 0.717) is 33.4 Å². The fourth-order valence-corrected chi connectivity index (χ4v) is 5.52. The summed E-state index contributed by atoms with van der Waals surface area (Å²) >= 11 is 1.39. The molecule has 8 nitrogen and oxygen atoms in total. The zero-order valence-corrected chi connectivity index (χ0v) is 20.2. The Kier molecular flexibility index (Phi) is 7.21. The number of benzene rings is 1. The lowest BCUT2D eigenvalue weighted by molar-refractivity contribution is -0.146. The first-order valence-electron chi connectivity index (χ1n) is 11.2. The van der Waals surface area contributed by atoms with Crippen molar-refractivity contribution in [2.45, 2.75) is 39.5 Å². The standard InChI is InChI=1S/C25H27NO7S/c1-4-31-25(29)23-18-7-5-14(2)9-20(18)34-24(23)26-21(27)13-33-22(28)10-15-12-32-19-11-16(30-3)6-8-17(15)19/h6,8,11-12,14H,4-5,7,9-10,13H2,1-3H3,(H,26,27). The van der Waals surface area contributed by atoms with Crippen molar-refractivity contribution in [3.8, 4) is 5.75 Å². The van der Waals surface area contributed by atoms with Crippen LogP contribution in [0.1, 0.15) is 46.6 Å². The van der Waals surface area contributed by atoms with Crippen LogP contribution in [0.4, 0.5) is 5.00 Å². The lowest BCUT2D eigenvalue weighted by Crippen LogP contribution is -2.22. The van der Waals surface area contributed by atoms with Crippen molar-refractivity contribution in [1.82, 2.24) is 0 Å². The topological polar surface area (TPSA) is 104 Å². The zero-order valence-electron chi connectivity index (χ0n) is 19.4. The molecule has 1 atom stereocenters. The molecule has 1 amide bonds. The van der Waals surface area contributed by atoms with Gasteiger partial charge in [-0.3, -0.25) is 9.59 Å². The third-order valence-electron chi connectivity index (χ3n) is 5.81. The summed E-state index contributed by atoms with van der Waals surface area (Å²) in [5, 5.41) is 3.98. The van der Waals surface area contributed by atoms with Crippen molar-refractivity contribution in [2.75, 3.05) is 25.6 Å². The first-order valence-corrected chi connectivity index (χ1v) is 12.0. The fraction of sp³-hybridized carbons (Fsp3) is 0.400. The van der Waals surface area contributed by atoms with Gasteiger partial charge in [-0.05, 0) is 49.8 Å². The van der Waals surface area contributed by atoms with E-state index in [0.717, 1.165) is 35.1 Å². The van der Waals surface area contributed by atoms with Crippen LogP contribution in [0.2, 0.25) is 0 Å². The highest BCUT2D eigenvalue weighted by atomic mass is 32.1. The summed E-state index contributed by atoms with van der Waals surface area (Å²) < 4.78 is 21.1. The summed E-state index contributed by atoms with van der Waals surface area (Å²) in [5.74, 6) is -0.332. The molecule has 9 heteroatoms. The monoisotopic (exact) mass is 485 g/mol. The van der Waals surface area contributed by atoms with E-state index in [9.17, 15) is 14.4 Å². The van der Waals surface area contributed by atoms with Crippen LogP contribution in [0.15, 0.2) is 28.9 Å². The van der Waals surface area contributed by atoms with Crippen LogP contribution in [0.25, 0.3) is 11.0 Å². The first-order chi connectivity index (χ1) is 16.4. The molecule has 0 spiro atoms. The number of ether oxygens (including phenoxy) is 3. The SMILES string of the molecule is CCOC(=O)c1c(NC(=O)COC(=O)Cc2coc3cc(OC)ccc23)sc2c1CCC(C)C2. The molecule has 1 aromatic carbocycles. The maximum atomic E-state index is 12.6. The van der Waals surface area contributed by atoms with Gasteiger partial charge in [-0.15, -0.1) is 11.3 Å². The molecule has 0 radical (unpaired) electrons. The predicted octanol–water partition coefficient (Wildman–Crippen LogP) is 4.53.